The molecule has 2 saturated heterocycles. The van der Waals surface area contributed by atoms with E-state index in [9.17, 15) is 22.8 Å². The lowest BCUT2D eigenvalue weighted by atomic mass is 10.1. The Morgan fingerprint density at radius 1 is 1.27 bits per heavy atom. The number of hydrogen-bond acceptors (Lipinski definition) is 3. The Morgan fingerprint density at radius 2 is 1.91 bits per heavy atom. The van der Waals surface area contributed by atoms with Gasteiger partial charge in [0.1, 0.15) is 6.54 Å². The molecule has 0 spiro atoms. The zero-order chi connectivity index (χ0) is 16.7. The molecule has 0 aromatic carbocycles. The maximum absolute atomic E-state index is 12.5. The van der Waals surface area contributed by atoms with Crippen LogP contribution in [0.3, 0.4) is 0 Å². The van der Waals surface area contributed by atoms with Gasteiger partial charge in [-0.15, -0.1) is 0 Å². The predicted octanol–water partition coefficient (Wildman–Crippen LogP) is 0.806. The van der Waals surface area contributed by atoms with Gasteiger partial charge in [-0.1, -0.05) is 6.92 Å². The van der Waals surface area contributed by atoms with Crippen molar-refractivity contribution in [2.45, 2.75) is 25.6 Å². The van der Waals surface area contributed by atoms with E-state index in [4.69, 9.17) is 0 Å². The summed E-state index contributed by atoms with van der Waals surface area (Å²) >= 11 is 0. The quantitative estimate of drug-likeness (QED) is 0.772. The fourth-order valence-electron chi connectivity index (χ4n) is 3.37. The Hall–Kier alpha value is -1.31. The maximum atomic E-state index is 12.5. The number of alkyl halides is 3. The third-order valence-electron chi connectivity index (χ3n) is 4.48. The molecule has 2 aliphatic heterocycles. The highest BCUT2D eigenvalue weighted by Gasteiger charge is 2.43. The molecule has 2 rings (SSSR count). The summed E-state index contributed by atoms with van der Waals surface area (Å²) in [6.07, 6.45) is -4.54. The van der Waals surface area contributed by atoms with Crippen LogP contribution in [0.1, 0.15) is 13.3 Å². The maximum Gasteiger partial charge on any atom is 0.406 e. The number of carbonyl (C=O) groups excluding carboxylic acids is 2. The van der Waals surface area contributed by atoms with Gasteiger partial charge in [0.2, 0.25) is 11.8 Å². The van der Waals surface area contributed by atoms with Crippen LogP contribution in [0.2, 0.25) is 0 Å². The normalized spacial score (nSPS) is 29.8. The third kappa shape index (κ3) is 3.71. The number of rotatable bonds is 3. The summed E-state index contributed by atoms with van der Waals surface area (Å²) in [6.45, 7) is 1.80. The number of nitrogens with zero attached hydrogens (tertiary/aromatic N) is 3. The number of hydrogen-bond donors (Lipinski definition) is 0. The van der Waals surface area contributed by atoms with Gasteiger partial charge in [0.05, 0.1) is 5.92 Å². The zero-order valence-corrected chi connectivity index (χ0v) is 13.1. The molecule has 0 aromatic heterocycles. The van der Waals surface area contributed by atoms with E-state index in [-0.39, 0.29) is 24.9 Å². The monoisotopic (exact) mass is 321 g/mol. The average molecular weight is 321 g/mol. The minimum absolute atomic E-state index is 0.119. The van der Waals surface area contributed by atoms with E-state index in [1.807, 2.05) is 25.9 Å². The highest BCUT2D eigenvalue weighted by atomic mass is 19.4. The van der Waals surface area contributed by atoms with Crippen LogP contribution in [-0.4, -0.2) is 79.0 Å². The van der Waals surface area contributed by atoms with Crippen molar-refractivity contribution in [2.24, 2.45) is 11.8 Å². The van der Waals surface area contributed by atoms with Crippen molar-refractivity contribution < 1.29 is 22.8 Å². The van der Waals surface area contributed by atoms with Gasteiger partial charge >= 0.3 is 6.18 Å². The van der Waals surface area contributed by atoms with Crippen LogP contribution in [0.4, 0.5) is 13.2 Å². The van der Waals surface area contributed by atoms with E-state index in [0.717, 1.165) is 4.90 Å². The molecule has 2 heterocycles. The van der Waals surface area contributed by atoms with Crippen molar-refractivity contribution in [1.29, 1.82) is 0 Å². The molecule has 0 bridgehead atoms. The van der Waals surface area contributed by atoms with E-state index in [2.05, 4.69) is 0 Å². The topological polar surface area (TPSA) is 43.9 Å². The van der Waals surface area contributed by atoms with Crippen LogP contribution in [0.25, 0.3) is 0 Å². The van der Waals surface area contributed by atoms with E-state index < -0.39 is 24.5 Å². The number of likely N-dealkylation sites (N-methyl/N-ethyl adjacent to an activating group) is 1. The highest BCUT2D eigenvalue weighted by molar-refractivity contribution is 5.89. The summed E-state index contributed by atoms with van der Waals surface area (Å²) in [6, 6.07) is 0.243. The molecule has 3 atom stereocenters. The van der Waals surface area contributed by atoms with Crippen molar-refractivity contribution in [3.8, 4) is 0 Å². The summed E-state index contributed by atoms with van der Waals surface area (Å²) < 4.78 is 37.2. The number of halogens is 3. The summed E-state index contributed by atoms with van der Waals surface area (Å²) in [5.41, 5.74) is 0. The Labute approximate surface area is 128 Å². The lowest BCUT2D eigenvalue weighted by molar-refractivity contribution is -0.157. The number of likely N-dealkylation sites (tertiary alicyclic amines) is 2. The van der Waals surface area contributed by atoms with Gasteiger partial charge in [-0.05, 0) is 20.0 Å². The van der Waals surface area contributed by atoms with E-state index in [1.165, 1.54) is 0 Å². The summed E-state index contributed by atoms with van der Waals surface area (Å²) in [4.78, 5) is 28.6. The van der Waals surface area contributed by atoms with Crippen molar-refractivity contribution in [3.63, 3.8) is 0 Å². The SMILES string of the molecule is C[C@@H]1CN(C(=O)[C@@H]2CC(=O)N(CC(F)(F)F)C2)C[C@H]1N(C)C. The standard InChI is InChI=1S/C14H22F3N3O2/c1-9-5-19(7-11(9)18(2)3)13(22)10-4-12(21)20(6-10)8-14(15,16)17/h9-11H,4-8H2,1-3H3/t9-,10-,11-/m1/s1. The van der Waals surface area contributed by atoms with Crippen LogP contribution in [0, 0.1) is 11.8 Å². The van der Waals surface area contributed by atoms with E-state index in [0.29, 0.717) is 19.0 Å². The minimum Gasteiger partial charge on any atom is -0.340 e. The molecule has 2 aliphatic rings. The molecule has 0 unspecified atom stereocenters. The average Bonchev–Trinajstić information content (AvgIpc) is 2.91. The predicted molar refractivity (Wildman–Crippen MR) is 74.0 cm³/mol. The fraction of sp³-hybridized carbons (Fsp3) is 0.857. The highest BCUT2D eigenvalue weighted by Crippen LogP contribution is 2.28. The van der Waals surface area contributed by atoms with Crippen LogP contribution in [0.5, 0.6) is 0 Å². The second kappa shape index (κ2) is 6.06. The molecule has 2 fully saturated rings. The smallest absolute Gasteiger partial charge is 0.340 e. The molecule has 0 saturated carbocycles. The number of carbonyl (C=O) groups is 2. The molecule has 0 aliphatic carbocycles. The van der Waals surface area contributed by atoms with Gasteiger partial charge in [0.15, 0.2) is 0 Å². The van der Waals surface area contributed by atoms with Crippen LogP contribution in [-0.2, 0) is 9.59 Å². The fourth-order valence-corrected chi connectivity index (χ4v) is 3.37. The summed E-state index contributed by atoms with van der Waals surface area (Å²) in [5, 5.41) is 0. The van der Waals surface area contributed by atoms with Crippen LogP contribution < -0.4 is 0 Å². The first-order valence-electron chi connectivity index (χ1n) is 7.38. The Morgan fingerprint density at radius 3 is 2.41 bits per heavy atom. The molecule has 126 valence electrons. The summed E-state index contributed by atoms with van der Waals surface area (Å²) in [5.74, 6) is -1.13. The molecule has 0 N–H and O–H groups in total. The van der Waals surface area contributed by atoms with Crippen molar-refractivity contribution in [3.05, 3.63) is 0 Å². The minimum atomic E-state index is -4.42. The van der Waals surface area contributed by atoms with Gasteiger partial charge < -0.3 is 14.7 Å². The molecule has 5 nitrogen and oxygen atoms in total. The molecule has 0 radical (unpaired) electrons. The zero-order valence-electron chi connectivity index (χ0n) is 13.1. The van der Waals surface area contributed by atoms with E-state index >= 15 is 0 Å². The first kappa shape index (κ1) is 17.1. The molecular weight excluding hydrogens is 299 g/mol. The Balaban J connectivity index is 1.96. The Kier molecular flexibility index (Phi) is 4.70. The van der Waals surface area contributed by atoms with Gasteiger partial charge in [-0.25, -0.2) is 0 Å². The molecule has 8 heteroatoms. The number of amides is 2. The second-order valence-electron chi connectivity index (χ2n) is 6.54. The van der Waals surface area contributed by atoms with Gasteiger partial charge in [0.25, 0.3) is 0 Å². The lowest BCUT2D eigenvalue weighted by Crippen LogP contribution is -2.39. The van der Waals surface area contributed by atoms with Crippen LogP contribution >= 0.6 is 0 Å². The second-order valence-corrected chi connectivity index (χ2v) is 6.54. The van der Waals surface area contributed by atoms with Crippen molar-refractivity contribution in [2.75, 3.05) is 40.3 Å². The Bertz CT molecular complexity index is 453. The van der Waals surface area contributed by atoms with E-state index in [1.54, 1.807) is 4.90 Å². The van der Waals surface area contributed by atoms with Gasteiger partial charge in [0, 0.05) is 32.1 Å². The third-order valence-corrected chi connectivity index (χ3v) is 4.48. The van der Waals surface area contributed by atoms with Crippen molar-refractivity contribution in [1.82, 2.24) is 14.7 Å². The first-order valence-corrected chi connectivity index (χ1v) is 7.38. The van der Waals surface area contributed by atoms with Gasteiger partial charge in [-0.3, -0.25) is 9.59 Å². The molecule has 0 aromatic rings. The molecular formula is C14H22F3N3O2. The first-order chi connectivity index (χ1) is 10.1. The van der Waals surface area contributed by atoms with Crippen molar-refractivity contribution >= 4 is 11.8 Å². The summed E-state index contributed by atoms with van der Waals surface area (Å²) in [7, 11) is 3.89. The largest absolute Gasteiger partial charge is 0.406 e. The van der Waals surface area contributed by atoms with Gasteiger partial charge in [-0.2, -0.15) is 13.2 Å². The molecule has 2 amide bonds. The lowest BCUT2D eigenvalue weighted by Gasteiger charge is -2.23. The molecule has 22 heavy (non-hydrogen) atoms. The van der Waals surface area contributed by atoms with Crippen LogP contribution in [0.15, 0.2) is 0 Å².